The molecular weight excluding hydrogens is 358 g/mol. The lowest BCUT2D eigenvalue weighted by Crippen LogP contribution is -2.39. The summed E-state index contributed by atoms with van der Waals surface area (Å²) in [4.78, 5) is 33.0. The van der Waals surface area contributed by atoms with E-state index in [1.807, 2.05) is 0 Å². The van der Waals surface area contributed by atoms with Crippen LogP contribution in [0.4, 0.5) is 11.5 Å². The molecule has 3 rings (SSSR count). The molecule has 1 aromatic heterocycles. The standard InChI is InChI=1S/C17H18ClN5O3/c18-15-9-13(23(25)26)1-2-14(15)17(24)21-10-12-3-7-22(8-4-12)16-11-19-5-6-20-16/h1-2,5-6,9,11-12H,3-4,7-8,10H2,(H,21,24). The van der Waals surface area contributed by atoms with E-state index in [4.69, 9.17) is 11.6 Å². The monoisotopic (exact) mass is 375 g/mol. The Morgan fingerprint density at radius 2 is 2.12 bits per heavy atom. The van der Waals surface area contributed by atoms with Crippen LogP contribution in [0.3, 0.4) is 0 Å². The number of nitrogens with zero attached hydrogens (tertiary/aromatic N) is 4. The normalized spacial score (nSPS) is 14.9. The maximum absolute atomic E-state index is 12.3. The summed E-state index contributed by atoms with van der Waals surface area (Å²) in [6.07, 6.45) is 6.94. The van der Waals surface area contributed by atoms with Crippen LogP contribution in [0, 0.1) is 16.0 Å². The number of nitro benzene ring substituents is 1. The molecule has 1 aromatic carbocycles. The molecule has 1 saturated heterocycles. The fourth-order valence-corrected chi connectivity index (χ4v) is 3.22. The number of carbonyl (C=O) groups excluding carboxylic acids is 1. The Balaban J connectivity index is 1.51. The predicted octanol–water partition coefficient (Wildman–Crippen LogP) is 2.68. The van der Waals surface area contributed by atoms with Gasteiger partial charge in [-0.15, -0.1) is 0 Å². The molecule has 0 bridgehead atoms. The topological polar surface area (TPSA) is 101 Å². The summed E-state index contributed by atoms with van der Waals surface area (Å²) in [6.45, 7) is 2.26. The van der Waals surface area contributed by atoms with Gasteiger partial charge in [0.1, 0.15) is 5.82 Å². The molecule has 1 aliphatic heterocycles. The number of aromatic nitrogens is 2. The highest BCUT2D eigenvalue weighted by atomic mass is 35.5. The fraction of sp³-hybridized carbons (Fsp3) is 0.353. The molecular formula is C17H18ClN5O3. The van der Waals surface area contributed by atoms with Crippen LogP contribution in [0.1, 0.15) is 23.2 Å². The van der Waals surface area contributed by atoms with E-state index in [9.17, 15) is 14.9 Å². The third-order valence-corrected chi connectivity index (χ3v) is 4.76. The molecule has 0 radical (unpaired) electrons. The van der Waals surface area contributed by atoms with Gasteiger partial charge in [0.25, 0.3) is 11.6 Å². The lowest BCUT2D eigenvalue weighted by atomic mass is 9.96. The number of hydrogen-bond acceptors (Lipinski definition) is 6. The zero-order chi connectivity index (χ0) is 18.5. The number of amides is 1. The Labute approximate surface area is 155 Å². The number of non-ortho nitro benzene ring substituents is 1. The number of anilines is 1. The smallest absolute Gasteiger partial charge is 0.270 e. The van der Waals surface area contributed by atoms with Crippen LogP contribution in [0.25, 0.3) is 0 Å². The Morgan fingerprint density at radius 1 is 1.35 bits per heavy atom. The van der Waals surface area contributed by atoms with E-state index in [-0.39, 0.29) is 22.2 Å². The van der Waals surface area contributed by atoms with E-state index < -0.39 is 4.92 Å². The Hall–Kier alpha value is -2.74. The van der Waals surface area contributed by atoms with E-state index in [1.54, 1.807) is 18.6 Å². The highest BCUT2D eigenvalue weighted by Gasteiger charge is 2.21. The van der Waals surface area contributed by atoms with Gasteiger partial charge >= 0.3 is 0 Å². The average molecular weight is 376 g/mol. The number of carbonyl (C=O) groups is 1. The van der Waals surface area contributed by atoms with Crippen molar-refractivity contribution >= 4 is 29.0 Å². The van der Waals surface area contributed by atoms with E-state index in [0.29, 0.717) is 12.5 Å². The molecule has 1 amide bonds. The van der Waals surface area contributed by atoms with Gasteiger partial charge in [0, 0.05) is 44.2 Å². The lowest BCUT2D eigenvalue weighted by molar-refractivity contribution is -0.384. The van der Waals surface area contributed by atoms with E-state index in [0.717, 1.165) is 31.7 Å². The fourth-order valence-electron chi connectivity index (χ4n) is 2.95. The van der Waals surface area contributed by atoms with Crippen LogP contribution in [-0.4, -0.2) is 40.4 Å². The van der Waals surface area contributed by atoms with Crippen molar-refractivity contribution in [1.82, 2.24) is 15.3 Å². The second kappa shape index (κ2) is 8.09. The first-order valence-electron chi connectivity index (χ1n) is 8.27. The van der Waals surface area contributed by atoms with E-state index in [2.05, 4.69) is 20.2 Å². The van der Waals surface area contributed by atoms with Gasteiger partial charge in [0.2, 0.25) is 0 Å². The molecule has 2 heterocycles. The Morgan fingerprint density at radius 3 is 2.73 bits per heavy atom. The minimum absolute atomic E-state index is 0.0779. The number of nitrogens with one attached hydrogen (secondary N) is 1. The van der Waals surface area contributed by atoms with Crippen LogP contribution < -0.4 is 10.2 Å². The van der Waals surface area contributed by atoms with Crippen LogP contribution in [0.2, 0.25) is 5.02 Å². The molecule has 0 spiro atoms. The van der Waals surface area contributed by atoms with E-state index >= 15 is 0 Å². The summed E-state index contributed by atoms with van der Waals surface area (Å²) >= 11 is 5.99. The third-order valence-electron chi connectivity index (χ3n) is 4.45. The molecule has 1 aliphatic rings. The van der Waals surface area contributed by atoms with Gasteiger partial charge in [-0.25, -0.2) is 4.98 Å². The zero-order valence-electron chi connectivity index (χ0n) is 14.0. The highest BCUT2D eigenvalue weighted by Crippen LogP contribution is 2.23. The first-order chi connectivity index (χ1) is 12.5. The predicted molar refractivity (Wildman–Crippen MR) is 97.4 cm³/mol. The molecule has 0 atom stereocenters. The minimum atomic E-state index is -0.543. The SMILES string of the molecule is O=C(NCC1CCN(c2cnccn2)CC1)c1ccc([N+](=O)[O-])cc1Cl. The van der Waals surface area contributed by atoms with Crippen LogP contribution in [0.5, 0.6) is 0 Å². The number of benzene rings is 1. The summed E-state index contributed by atoms with van der Waals surface area (Å²) in [5, 5.41) is 13.7. The number of halogens is 1. The third kappa shape index (κ3) is 4.26. The second-order valence-electron chi connectivity index (χ2n) is 6.13. The van der Waals surface area contributed by atoms with Gasteiger partial charge in [-0.1, -0.05) is 11.6 Å². The summed E-state index contributed by atoms with van der Waals surface area (Å²) < 4.78 is 0. The van der Waals surface area contributed by atoms with Crippen molar-refractivity contribution in [2.24, 2.45) is 5.92 Å². The summed E-state index contributed by atoms with van der Waals surface area (Å²) in [5.74, 6) is 0.914. The minimum Gasteiger partial charge on any atom is -0.355 e. The van der Waals surface area contributed by atoms with E-state index in [1.165, 1.54) is 18.2 Å². The van der Waals surface area contributed by atoms with Crippen molar-refractivity contribution in [2.45, 2.75) is 12.8 Å². The summed E-state index contributed by atoms with van der Waals surface area (Å²) in [6, 6.07) is 3.85. The van der Waals surface area contributed by atoms with Gasteiger partial charge in [-0.05, 0) is 24.8 Å². The van der Waals surface area contributed by atoms with Crippen molar-refractivity contribution in [1.29, 1.82) is 0 Å². The molecule has 2 aromatic rings. The van der Waals surface area contributed by atoms with Crippen molar-refractivity contribution in [3.05, 3.63) is 57.5 Å². The molecule has 1 N–H and O–H groups in total. The maximum Gasteiger partial charge on any atom is 0.270 e. The molecule has 0 aliphatic carbocycles. The lowest BCUT2D eigenvalue weighted by Gasteiger charge is -2.32. The number of hydrogen-bond donors (Lipinski definition) is 1. The molecule has 26 heavy (non-hydrogen) atoms. The van der Waals surface area contributed by atoms with Crippen molar-refractivity contribution < 1.29 is 9.72 Å². The first kappa shape index (κ1) is 18.1. The zero-order valence-corrected chi connectivity index (χ0v) is 14.7. The average Bonchev–Trinajstić information content (AvgIpc) is 2.67. The first-order valence-corrected chi connectivity index (χ1v) is 8.65. The number of piperidine rings is 1. The van der Waals surface area contributed by atoms with Crippen LogP contribution in [-0.2, 0) is 0 Å². The molecule has 1 fully saturated rings. The van der Waals surface area contributed by atoms with Gasteiger partial charge in [-0.3, -0.25) is 19.9 Å². The summed E-state index contributed by atoms with van der Waals surface area (Å²) in [5.41, 5.74) is 0.109. The number of rotatable bonds is 5. The Kier molecular flexibility index (Phi) is 5.62. The second-order valence-corrected chi connectivity index (χ2v) is 6.53. The molecule has 136 valence electrons. The molecule has 9 heteroatoms. The van der Waals surface area contributed by atoms with Crippen molar-refractivity contribution in [3.63, 3.8) is 0 Å². The van der Waals surface area contributed by atoms with Gasteiger partial charge < -0.3 is 10.2 Å². The van der Waals surface area contributed by atoms with Crippen LogP contribution in [0.15, 0.2) is 36.8 Å². The maximum atomic E-state index is 12.3. The van der Waals surface area contributed by atoms with Crippen molar-refractivity contribution in [2.75, 3.05) is 24.5 Å². The van der Waals surface area contributed by atoms with Gasteiger partial charge in [-0.2, -0.15) is 0 Å². The Bertz CT molecular complexity index is 794. The summed E-state index contributed by atoms with van der Waals surface area (Å²) in [7, 11) is 0. The van der Waals surface area contributed by atoms with Crippen molar-refractivity contribution in [3.8, 4) is 0 Å². The molecule has 0 unspecified atom stereocenters. The van der Waals surface area contributed by atoms with Crippen LogP contribution >= 0.6 is 11.6 Å². The molecule has 0 saturated carbocycles. The quantitative estimate of drug-likeness (QED) is 0.636. The number of nitro groups is 1. The highest BCUT2D eigenvalue weighted by molar-refractivity contribution is 6.34. The van der Waals surface area contributed by atoms with Gasteiger partial charge in [0.15, 0.2) is 0 Å². The van der Waals surface area contributed by atoms with Gasteiger partial charge in [0.05, 0.1) is 21.7 Å². The molecule has 8 nitrogen and oxygen atoms in total. The largest absolute Gasteiger partial charge is 0.355 e.